The number of rotatable bonds is 4. The fourth-order valence-corrected chi connectivity index (χ4v) is 4.39. The summed E-state index contributed by atoms with van der Waals surface area (Å²) in [6, 6.07) is 5.73. The molecule has 1 N–H and O–H groups in total. The number of anilines is 2. The lowest BCUT2D eigenvalue weighted by Gasteiger charge is -2.35. The van der Waals surface area contributed by atoms with Gasteiger partial charge in [-0.05, 0) is 44.0 Å². The molecular weight excluding hydrogens is 445 g/mol. The predicted octanol–water partition coefficient (Wildman–Crippen LogP) is 4.50. The van der Waals surface area contributed by atoms with Crippen LogP contribution in [0.3, 0.4) is 0 Å². The van der Waals surface area contributed by atoms with Crippen LogP contribution in [-0.4, -0.2) is 51.9 Å². The zero-order valence-corrected chi connectivity index (χ0v) is 19.6. The minimum absolute atomic E-state index is 0.0607. The number of hydrogen-bond acceptors (Lipinski definition) is 6. The molecule has 1 aliphatic heterocycles. The van der Waals surface area contributed by atoms with E-state index >= 15 is 0 Å². The Morgan fingerprint density at radius 1 is 1.12 bits per heavy atom. The Labute approximate surface area is 196 Å². The van der Waals surface area contributed by atoms with Crippen molar-refractivity contribution < 1.29 is 18.0 Å². The van der Waals surface area contributed by atoms with Gasteiger partial charge in [0, 0.05) is 33.1 Å². The number of hydrogen-bond donors (Lipinski definition) is 1. The van der Waals surface area contributed by atoms with Gasteiger partial charge in [-0.2, -0.15) is 13.2 Å². The summed E-state index contributed by atoms with van der Waals surface area (Å²) in [5, 5.41) is 3.97. The molecule has 4 rings (SSSR count). The molecule has 0 saturated carbocycles. The van der Waals surface area contributed by atoms with Gasteiger partial charge in [-0.25, -0.2) is 15.0 Å². The first kappa shape index (κ1) is 23.7. The van der Waals surface area contributed by atoms with Gasteiger partial charge in [-0.3, -0.25) is 4.79 Å². The Bertz CT molecular complexity index is 1220. The van der Waals surface area contributed by atoms with Gasteiger partial charge in [0.1, 0.15) is 11.6 Å². The van der Waals surface area contributed by atoms with Crippen molar-refractivity contribution in [3.8, 4) is 0 Å². The zero-order chi connectivity index (χ0) is 24.6. The Balaban J connectivity index is 1.65. The summed E-state index contributed by atoms with van der Waals surface area (Å²) in [6.07, 6.45) is -2.66. The molecule has 0 bridgehead atoms. The first-order chi connectivity index (χ1) is 16.0. The number of fused-ring (bicyclic) bond motifs is 1. The molecule has 1 fully saturated rings. The van der Waals surface area contributed by atoms with E-state index in [2.05, 4.69) is 25.2 Å². The van der Waals surface area contributed by atoms with Crippen molar-refractivity contribution in [3.05, 3.63) is 53.0 Å². The van der Waals surface area contributed by atoms with E-state index < -0.39 is 17.8 Å². The summed E-state index contributed by atoms with van der Waals surface area (Å²) in [6.45, 7) is 9.25. The first-order valence-electron chi connectivity index (χ1n) is 11.1. The molecular formula is C24H27F3N6O. The SMILES string of the molecule is CC(=O)N1CCN(c2cnc3nc(C)nc(NC(C)c4cccc(C(F)(F)F)c4C)c3c2)CC1. The normalized spacial score (nSPS) is 15.5. The van der Waals surface area contributed by atoms with Crippen molar-refractivity contribution in [1.82, 2.24) is 19.9 Å². The van der Waals surface area contributed by atoms with Crippen molar-refractivity contribution >= 4 is 28.4 Å². The maximum absolute atomic E-state index is 13.4. The Morgan fingerprint density at radius 2 is 1.82 bits per heavy atom. The molecule has 0 radical (unpaired) electrons. The van der Waals surface area contributed by atoms with Gasteiger partial charge in [0.05, 0.1) is 28.9 Å². The molecule has 1 atom stereocenters. The lowest BCUT2D eigenvalue weighted by Crippen LogP contribution is -2.48. The quantitative estimate of drug-likeness (QED) is 0.603. The molecule has 1 saturated heterocycles. The number of benzene rings is 1. The summed E-state index contributed by atoms with van der Waals surface area (Å²) >= 11 is 0. The molecule has 1 amide bonds. The third-order valence-corrected chi connectivity index (χ3v) is 6.24. The van der Waals surface area contributed by atoms with Crippen LogP contribution < -0.4 is 10.2 Å². The van der Waals surface area contributed by atoms with E-state index in [4.69, 9.17) is 0 Å². The highest BCUT2D eigenvalue weighted by Gasteiger charge is 2.33. The number of aromatic nitrogens is 3. The minimum atomic E-state index is -4.41. The standard InChI is InChI=1S/C24H27F3N6O/c1-14-19(6-5-7-21(14)24(25,26)27)15(2)29-23-20-12-18(13-28-22(20)30-16(3)31-23)33-10-8-32(9-11-33)17(4)34/h5-7,12-13,15H,8-11H2,1-4H3,(H,28,29,30,31). The number of carbonyl (C=O) groups is 1. The molecule has 1 aromatic carbocycles. The second-order valence-corrected chi connectivity index (χ2v) is 8.56. The highest BCUT2D eigenvalue weighted by Crippen LogP contribution is 2.35. The Hall–Kier alpha value is -3.43. The molecule has 3 aromatic rings. The van der Waals surface area contributed by atoms with Gasteiger partial charge in [-0.15, -0.1) is 0 Å². The number of piperazine rings is 1. The average Bonchev–Trinajstić information content (AvgIpc) is 2.78. The highest BCUT2D eigenvalue weighted by molar-refractivity contribution is 5.89. The molecule has 7 nitrogen and oxygen atoms in total. The van der Waals surface area contributed by atoms with Gasteiger partial charge in [-0.1, -0.05) is 12.1 Å². The van der Waals surface area contributed by atoms with E-state index in [1.807, 2.05) is 17.9 Å². The van der Waals surface area contributed by atoms with E-state index in [0.717, 1.165) is 11.8 Å². The van der Waals surface area contributed by atoms with Crippen molar-refractivity contribution in [2.24, 2.45) is 0 Å². The van der Waals surface area contributed by atoms with Crippen LogP contribution in [0.1, 0.15) is 42.4 Å². The monoisotopic (exact) mass is 472 g/mol. The van der Waals surface area contributed by atoms with E-state index in [9.17, 15) is 18.0 Å². The maximum atomic E-state index is 13.4. The van der Waals surface area contributed by atoms with Gasteiger partial charge in [0.2, 0.25) is 5.91 Å². The number of nitrogens with zero attached hydrogens (tertiary/aromatic N) is 5. The topological polar surface area (TPSA) is 74.2 Å². The lowest BCUT2D eigenvalue weighted by molar-refractivity contribution is -0.138. The molecule has 2 aromatic heterocycles. The number of aryl methyl sites for hydroxylation is 1. The van der Waals surface area contributed by atoms with Crippen molar-refractivity contribution in [2.75, 3.05) is 36.4 Å². The van der Waals surface area contributed by atoms with Gasteiger partial charge in [0.15, 0.2) is 5.65 Å². The summed E-state index contributed by atoms with van der Waals surface area (Å²) in [4.78, 5) is 29.0. The van der Waals surface area contributed by atoms with Crippen LogP contribution in [0.25, 0.3) is 11.0 Å². The number of nitrogens with one attached hydrogen (secondary N) is 1. The molecule has 0 spiro atoms. The van der Waals surface area contributed by atoms with Gasteiger partial charge in [0.25, 0.3) is 0 Å². The number of alkyl halides is 3. The fraction of sp³-hybridized carbons (Fsp3) is 0.417. The van der Waals surface area contributed by atoms with E-state index in [-0.39, 0.29) is 11.5 Å². The van der Waals surface area contributed by atoms with E-state index in [1.54, 1.807) is 26.1 Å². The van der Waals surface area contributed by atoms with Crippen molar-refractivity contribution in [2.45, 2.75) is 39.9 Å². The van der Waals surface area contributed by atoms with Crippen LogP contribution in [-0.2, 0) is 11.0 Å². The minimum Gasteiger partial charge on any atom is -0.367 e. The molecule has 0 aliphatic carbocycles. The molecule has 180 valence electrons. The Kier molecular flexibility index (Phi) is 6.33. The highest BCUT2D eigenvalue weighted by atomic mass is 19.4. The van der Waals surface area contributed by atoms with E-state index in [1.165, 1.54) is 13.0 Å². The molecule has 3 heterocycles. The van der Waals surface area contributed by atoms with Crippen molar-refractivity contribution in [1.29, 1.82) is 0 Å². The van der Waals surface area contributed by atoms with E-state index in [0.29, 0.717) is 54.4 Å². The van der Waals surface area contributed by atoms with Gasteiger partial charge < -0.3 is 15.1 Å². The van der Waals surface area contributed by atoms with Crippen molar-refractivity contribution in [3.63, 3.8) is 0 Å². The fourth-order valence-electron chi connectivity index (χ4n) is 4.39. The number of carbonyl (C=O) groups excluding carboxylic acids is 1. The van der Waals surface area contributed by atoms with Gasteiger partial charge >= 0.3 is 6.18 Å². The van der Waals surface area contributed by atoms with Crippen LogP contribution in [0.15, 0.2) is 30.5 Å². The number of pyridine rings is 1. The largest absolute Gasteiger partial charge is 0.416 e. The number of halogens is 3. The summed E-state index contributed by atoms with van der Waals surface area (Å²) in [5.74, 6) is 1.09. The molecule has 1 aliphatic rings. The maximum Gasteiger partial charge on any atom is 0.416 e. The third kappa shape index (κ3) is 4.76. The van der Waals surface area contributed by atoms with Crippen LogP contribution in [0.4, 0.5) is 24.7 Å². The second-order valence-electron chi connectivity index (χ2n) is 8.56. The number of amides is 1. The van der Waals surface area contributed by atoms with Crippen LogP contribution >= 0.6 is 0 Å². The summed E-state index contributed by atoms with van der Waals surface area (Å²) < 4.78 is 40.2. The Morgan fingerprint density at radius 3 is 2.47 bits per heavy atom. The molecule has 10 heteroatoms. The lowest BCUT2D eigenvalue weighted by atomic mass is 9.97. The van der Waals surface area contributed by atoms with Crippen LogP contribution in [0.5, 0.6) is 0 Å². The average molecular weight is 473 g/mol. The molecule has 1 unspecified atom stereocenters. The summed E-state index contributed by atoms with van der Waals surface area (Å²) in [5.41, 5.74) is 1.48. The second kappa shape index (κ2) is 9.08. The predicted molar refractivity (Wildman–Crippen MR) is 125 cm³/mol. The smallest absolute Gasteiger partial charge is 0.367 e. The van der Waals surface area contributed by atoms with Crippen LogP contribution in [0, 0.1) is 13.8 Å². The van der Waals surface area contributed by atoms with Crippen LogP contribution in [0.2, 0.25) is 0 Å². The third-order valence-electron chi connectivity index (χ3n) is 6.24. The first-order valence-corrected chi connectivity index (χ1v) is 11.1. The zero-order valence-electron chi connectivity index (χ0n) is 19.6. The summed E-state index contributed by atoms with van der Waals surface area (Å²) in [7, 11) is 0. The molecule has 34 heavy (non-hydrogen) atoms.